The Balaban J connectivity index is 2.57. The van der Waals surface area contributed by atoms with Crippen molar-refractivity contribution < 1.29 is 0 Å². The van der Waals surface area contributed by atoms with Gasteiger partial charge < -0.3 is 0 Å². The standard InChI is InChI=1S/C14H15/c1-10-8-11(2)14(12(3)9-10)13-6-4-5-7-13/h6-9H,4H2,1-3H3. The molecule has 1 aliphatic rings. The first kappa shape index (κ1) is 9.26. The molecule has 0 atom stereocenters. The predicted octanol–water partition coefficient (Wildman–Crippen LogP) is 3.76. The highest BCUT2D eigenvalue weighted by Crippen LogP contribution is 2.28. The number of allylic oxidation sites excluding steroid dienone is 4. The first-order valence-corrected chi connectivity index (χ1v) is 5.03. The Morgan fingerprint density at radius 3 is 2.21 bits per heavy atom. The Morgan fingerprint density at radius 2 is 1.71 bits per heavy atom. The lowest BCUT2D eigenvalue weighted by Crippen LogP contribution is -1.92. The molecule has 0 amide bonds. The van der Waals surface area contributed by atoms with E-state index < -0.39 is 0 Å². The lowest BCUT2D eigenvalue weighted by atomic mass is 9.94. The SMILES string of the molecule is Cc1cc(C)c(C2=CC[C]=C2)c(C)c1. The Bertz CT molecular complexity index is 397. The quantitative estimate of drug-likeness (QED) is 0.622. The third-order valence-corrected chi connectivity index (χ3v) is 2.66. The first-order chi connectivity index (χ1) is 6.68. The summed E-state index contributed by atoms with van der Waals surface area (Å²) in [6.45, 7) is 6.51. The van der Waals surface area contributed by atoms with Gasteiger partial charge >= 0.3 is 0 Å². The van der Waals surface area contributed by atoms with Crippen molar-refractivity contribution in [3.63, 3.8) is 0 Å². The minimum Gasteiger partial charge on any atom is -0.0722 e. The van der Waals surface area contributed by atoms with Gasteiger partial charge in [0, 0.05) is 0 Å². The molecule has 0 heterocycles. The van der Waals surface area contributed by atoms with Crippen molar-refractivity contribution in [3.8, 4) is 0 Å². The molecule has 0 nitrogen and oxygen atoms in total. The van der Waals surface area contributed by atoms with Gasteiger partial charge in [-0.1, -0.05) is 29.8 Å². The third-order valence-electron chi connectivity index (χ3n) is 2.66. The molecule has 71 valence electrons. The molecule has 0 saturated heterocycles. The molecule has 1 aliphatic carbocycles. The molecule has 1 aromatic carbocycles. The van der Waals surface area contributed by atoms with Crippen LogP contribution >= 0.6 is 0 Å². The molecule has 0 fully saturated rings. The van der Waals surface area contributed by atoms with Crippen molar-refractivity contribution in [3.05, 3.63) is 52.6 Å². The first-order valence-electron chi connectivity index (χ1n) is 5.03. The Hall–Kier alpha value is -1.30. The van der Waals surface area contributed by atoms with Crippen LogP contribution in [0.4, 0.5) is 0 Å². The maximum absolute atomic E-state index is 3.22. The van der Waals surface area contributed by atoms with Gasteiger partial charge in [-0.15, -0.1) is 0 Å². The second-order valence-corrected chi connectivity index (χ2v) is 3.99. The fraction of sp³-hybridized carbons (Fsp3) is 0.286. The summed E-state index contributed by atoms with van der Waals surface area (Å²) in [6.07, 6.45) is 8.53. The van der Waals surface area contributed by atoms with Crippen LogP contribution in [-0.4, -0.2) is 0 Å². The monoisotopic (exact) mass is 183 g/mol. The van der Waals surface area contributed by atoms with Crippen molar-refractivity contribution in [1.82, 2.24) is 0 Å². The van der Waals surface area contributed by atoms with Gasteiger partial charge in [0.2, 0.25) is 0 Å². The second-order valence-electron chi connectivity index (χ2n) is 3.99. The number of aryl methyl sites for hydroxylation is 3. The average molecular weight is 183 g/mol. The van der Waals surface area contributed by atoms with E-state index in [4.69, 9.17) is 0 Å². The molecular formula is C14H15. The molecular weight excluding hydrogens is 168 g/mol. The number of hydrogen-bond donors (Lipinski definition) is 0. The Kier molecular flexibility index (Phi) is 2.28. The molecule has 0 saturated carbocycles. The lowest BCUT2D eigenvalue weighted by Gasteiger charge is -2.10. The molecule has 14 heavy (non-hydrogen) atoms. The van der Waals surface area contributed by atoms with Gasteiger partial charge in [0.1, 0.15) is 0 Å². The van der Waals surface area contributed by atoms with Crippen molar-refractivity contribution >= 4 is 5.57 Å². The minimum atomic E-state index is 0.960. The zero-order chi connectivity index (χ0) is 10.1. The van der Waals surface area contributed by atoms with Crippen LogP contribution in [0.1, 0.15) is 28.7 Å². The molecule has 0 aromatic heterocycles. The van der Waals surface area contributed by atoms with E-state index in [0.29, 0.717) is 0 Å². The third kappa shape index (κ3) is 1.52. The van der Waals surface area contributed by atoms with E-state index in [-0.39, 0.29) is 0 Å². The van der Waals surface area contributed by atoms with Gasteiger partial charge in [-0.3, -0.25) is 0 Å². The number of rotatable bonds is 1. The van der Waals surface area contributed by atoms with E-state index in [0.717, 1.165) is 6.42 Å². The van der Waals surface area contributed by atoms with Crippen LogP contribution < -0.4 is 0 Å². The van der Waals surface area contributed by atoms with E-state index in [1.807, 2.05) is 0 Å². The highest BCUT2D eigenvalue weighted by molar-refractivity contribution is 5.79. The zero-order valence-electron chi connectivity index (χ0n) is 9.02. The summed E-state index contributed by atoms with van der Waals surface area (Å²) >= 11 is 0. The Morgan fingerprint density at radius 1 is 1.07 bits per heavy atom. The van der Waals surface area contributed by atoms with Crippen LogP contribution in [0.3, 0.4) is 0 Å². The zero-order valence-corrected chi connectivity index (χ0v) is 9.02. The van der Waals surface area contributed by atoms with Crippen LogP contribution in [0.25, 0.3) is 5.57 Å². The average Bonchev–Trinajstić information content (AvgIpc) is 2.54. The topological polar surface area (TPSA) is 0 Å². The molecule has 1 radical (unpaired) electrons. The maximum Gasteiger partial charge on any atom is -0.00852 e. The van der Waals surface area contributed by atoms with Gasteiger partial charge in [0.05, 0.1) is 0 Å². The van der Waals surface area contributed by atoms with Crippen molar-refractivity contribution in [2.24, 2.45) is 0 Å². The van der Waals surface area contributed by atoms with Crippen LogP contribution in [0.15, 0.2) is 24.3 Å². The highest BCUT2D eigenvalue weighted by atomic mass is 14.1. The molecule has 0 bridgehead atoms. The summed E-state index contributed by atoms with van der Waals surface area (Å²) in [5.74, 6) is 0. The van der Waals surface area contributed by atoms with E-state index in [2.05, 4.69) is 51.1 Å². The van der Waals surface area contributed by atoms with Gasteiger partial charge in [-0.25, -0.2) is 0 Å². The highest BCUT2D eigenvalue weighted by Gasteiger charge is 2.08. The predicted molar refractivity (Wildman–Crippen MR) is 61.1 cm³/mol. The second kappa shape index (κ2) is 3.45. The summed E-state index contributed by atoms with van der Waals surface area (Å²) in [5.41, 5.74) is 6.80. The summed E-state index contributed by atoms with van der Waals surface area (Å²) in [7, 11) is 0. The van der Waals surface area contributed by atoms with Gasteiger partial charge in [-0.2, -0.15) is 0 Å². The minimum absolute atomic E-state index is 0.960. The van der Waals surface area contributed by atoms with Gasteiger partial charge in [0.15, 0.2) is 0 Å². The Labute approximate surface area is 86.0 Å². The fourth-order valence-corrected chi connectivity index (χ4v) is 2.21. The van der Waals surface area contributed by atoms with Crippen LogP contribution in [0.2, 0.25) is 0 Å². The molecule has 0 unspecified atom stereocenters. The molecule has 0 heteroatoms. The van der Waals surface area contributed by atoms with E-state index in [1.165, 1.54) is 27.8 Å². The maximum atomic E-state index is 3.22. The fourth-order valence-electron chi connectivity index (χ4n) is 2.21. The van der Waals surface area contributed by atoms with E-state index in [9.17, 15) is 0 Å². The smallest absolute Gasteiger partial charge is 0.00852 e. The van der Waals surface area contributed by atoms with Crippen molar-refractivity contribution in [2.75, 3.05) is 0 Å². The molecule has 0 N–H and O–H groups in total. The van der Waals surface area contributed by atoms with E-state index >= 15 is 0 Å². The van der Waals surface area contributed by atoms with Gasteiger partial charge in [0.25, 0.3) is 0 Å². The summed E-state index contributed by atoms with van der Waals surface area (Å²) in [4.78, 5) is 0. The van der Waals surface area contributed by atoms with Gasteiger partial charge in [-0.05, 0) is 55.5 Å². The van der Waals surface area contributed by atoms with Crippen LogP contribution in [0, 0.1) is 26.8 Å². The van der Waals surface area contributed by atoms with E-state index in [1.54, 1.807) is 0 Å². The normalized spacial score (nSPS) is 14.6. The lowest BCUT2D eigenvalue weighted by molar-refractivity contribution is 1.29. The summed E-state index contributed by atoms with van der Waals surface area (Å²) in [5, 5.41) is 0. The largest absolute Gasteiger partial charge is 0.0722 e. The van der Waals surface area contributed by atoms with Crippen molar-refractivity contribution in [2.45, 2.75) is 27.2 Å². The number of hydrogen-bond acceptors (Lipinski definition) is 0. The van der Waals surface area contributed by atoms with Crippen LogP contribution in [0.5, 0.6) is 0 Å². The van der Waals surface area contributed by atoms with Crippen LogP contribution in [-0.2, 0) is 0 Å². The summed E-state index contributed by atoms with van der Waals surface area (Å²) < 4.78 is 0. The molecule has 1 aromatic rings. The summed E-state index contributed by atoms with van der Waals surface area (Å²) in [6, 6.07) is 4.49. The molecule has 0 spiro atoms. The molecule has 0 aliphatic heterocycles. The molecule has 2 rings (SSSR count). The number of benzene rings is 1. The van der Waals surface area contributed by atoms with Crippen molar-refractivity contribution in [1.29, 1.82) is 0 Å².